The van der Waals surface area contributed by atoms with Crippen LogP contribution in [0.3, 0.4) is 0 Å². The molecule has 0 atom stereocenters. The van der Waals surface area contributed by atoms with Gasteiger partial charge in [0.1, 0.15) is 11.5 Å². The van der Waals surface area contributed by atoms with E-state index < -0.39 is 35.0 Å². The van der Waals surface area contributed by atoms with Crippen molar-refractivity contribution in [3.05, 3.63) is 22.9 Å². The molecule has 0 unspecified atom stereocenters. The minimum absolute atomic E-state index is 0.147. The molecule has 7 N–H and O–H groups in total. The number of hydrazine groups is 1. The lowest BCUT2D eigenvalue weighted by atomic mass is 10.3. The average Bonchev–Trinajstić information content (AvgIpc) is 2.40. The fourth-order valence-electron chi connectivity index (χ4n) is 0.868. The van der Waals surface area contributed by atoms with Gasteiger partial charge < -0.3 is 25.9 Å². The van der Waals surface area contributed by atoms with E-state index in [1.165, 1.54) is 13.8 Å². The highest BCUT2D eigenvalue weighted by Crippen LogP contribution is 2.01. The van der Waals surface area contributed by atoms with E-state index in [1.807, 2.05) is 5.43 Å². The summed E-state index contributed by atoms with van der Waals surface area (Å²) in [6.45, 7) is 3.82. The molecule has 11 heteroatoms. The summed E-state index contributed by atoms with van der Waals surface area (Å²) in [5.74, 6) is -4.89. The molecule has 22 heavy (non-hydrogen) atoms. The molecule has 0 amide bonds. The highest BCUT2D eigenvalue weighted by molar-refractivity contribution is 6.34. The summed E-state index contributed by atoms with van der Waals surface area (Å²) < 4.78 is 0. The van der Waals surface area contributed by atoms with Gasteiger partial charge in [-0.2, -0.15) is 5.10 Å². The standard InChI is InChI=1S/C11H16N4O7/c1-4(6(3)16)12-14-7(10(19)20)8(11(21)22)15-13-5(2)9(17)18/h12,14-16H,1-3H3,(H,17,18)(H,19,20)(H,21,22). The van der Waals surface area contributed by atoms with Crippen molar-refractivity contribution in [1.29, 1.82) is 0 Å². The van der Waals surface area contributed by atoms with Gasteiger partial charge in [0, 0.05) is 0 Å². The van der Waals surface area contributed by atoms with Crippen LogP contribution in [0, 0.1) is 0 Å². The molecular formula is C11H16N4O7. The number of hydrogen-bond donors (Lipinski definition) is 7. The van der Waals surface area contributed by atoms with Crippen LogP contribution in [0.15, 0.2) is 28.0 Å². The number of allylic oxidation sites excluding steroid dienone is 2. The average molecular weight is 316 g/mol. The predicted octanol–water partition coefficient (Wildman–Crippen LogP) is -0.679. The fraction of sp³-hybridized carbons (Fsp3) is 0.273. The van der Waals surface area contributed by atoms with Crippen LogP contribution in [0.1, 0.15) is 20.8 Å². The van der Waals surface area contributed by atoms with Crippen LogP contribution in [-0.4, -0.2) is 44.0 Å². The van der Waals surface area contributed by atoms with E-state index >= 15 is 0 Å². The molecule has 0 saturated carbocycles. The van der Waals surface area contributed by atoms with Gasteiger partial charge in [-0.05, 0) is 20.8 Å². The van der Waals surface area contributed by atoms with Gasteiger partial charge in [-0.1, -0.05) is 0 Å². The molecule has 0 aromatic heterocycles. The summed E-state index contributed by atoms with van der Waals surface area (Å²) in [4.78, 5) is 32.7. The normalized spacial score (nSPS) is 13.5. The van der Waals surface area contributed by atoms with Crippen LogP contribution in [0.25, 0.3) is 0 Å². The highest BCUT2D eigenvalue weighted by atomic mass is 16.4. The Balaban J connectivity index is 5.54. The van der Waals surface area contributed by atoms with Gasteiger partial charge in [-0.15, -0.1) is 0 Å². The number of aliphatic carboxylic acids is 3. The zero-order valence-corrected chi connectivity index (χ0v) is 12.0. The number of aliphatic hydroxyl groups excluding tert-OH is 1. The quantitative estimate of drug-likeness (QED) is 0.131. The van der Waals surface area contributed by atoms with E-state index in [2.05, 4.69) is 16.0 Å². The van der Waals surface area contributed by atoms with E-state index in [0.717, 1.165) is 6.92 Å². The number of carbonyl (C=O) groups is 3. The Morgan fingerprint density at radius 3 is 1.64 bits per heavy atom. The van der Waals surface area contributed by atoms with E-state index in [4.69, 9.17) is 20.4 Å². The van der Waals surface area contributed by atoms with Crippen molar-refractivity contribution < 1.29 is 34.8 Å². The summed E-state index contributed by atoms with van der Waals surface area (Å²) in [5, 5.41) is 39.0. The molecule has 0 aliphatic carbocycles. The van der Waals surface area contributed by atoms with Gasteiger partial charge in [0.2, 0.25) is 0 Å². The largest absolute Gasteiger partial charge is 0.511 e. The smallest absolute Gasteiger partial charge is 0.356 e. The van der Waals surface area contributed by atoms with Crippen molar-refractivity contribution in [3.8, 4) is 0 Å². The van der Waals surface area contributed by atoms with Gasteiger partial charge >= 0.3 is 17.9 Å². The monoisotopic (exact) mass is 316 g/mol. The lowest BCUT2D eigenvalue weighted by molar-refractivity contribution is -0.136. The third-order valence-corrected chi connectivity index (χ3v) is 2.24. The van der Waals surface area contributed by atoms with Crippen molar-refractivity contribution in [2.24, 2.45) is 5.10 Å². The third-order valence-electron chi connectivity index (χ3n) is 2.24. The van der Waals surface area contributed by atoms with Crippen molar-refractivity contribution in [1.82, 2.24) is 16.3 Å². The van der Waals surface area contributed by atoms with Gasteiger partial charge in [-0.25, -0.2) is 14.4 Å². The molecule has 0 bridgehead atoms. The number of aliphatic hydroxyl groups is 1. The first-order valence-electron chi connectivity index (χ1n) is 5.70. The molecule has 122 valence electrons. The number of rotatable bonds is 8. The van der Waals surface area contributed by atoms with Gasteiger partial charge in [0.25, 0.3) is 0 Å². The van der Waals surface area contributed by atoms with Crippen molar-refractivity contribution >= 4 is 23.6 Å². The molecule has 0 fully saturated rings. The zero-order chi connectivity index (χ0) is 17.4. The van der Waals surface area contributed by atoms with Crippen molar-refractivity contribution in [3.63, 3.8) is 0 Å². The van der Waals surface area contributed by atoms with Crippen molar-refractivity contribution in [2.75, 3.05) is 0 Å². The first-order valence-corrected chi connectivity index (χ1v) is 5.70. The molecule has 0 aliphatic rings. The maximum absolute atomic E-state index is 11.1. The van der Waals surface area contributed by atoms with Gasteiger partial charge in [-0.3, -0.25) is 10.9 Å². The minimum atomic E-state index is -1.68. The first kappa shape index (κ1) is 18.8. The second-order valence-electron chi connectivity index (χ2n) is 3.93. The number of nitrogens with zero attached hydrogens (tertiary/aromatic N) is 1. The van der Waals surface area contributed by atoms with E-state index in [0.29, 0.717) is 0 Å². The maximum atomic E-state index is 11.1. The molecule has 0 aromatic rings. The summed E-state index contributed by atoms with van der Waals surface area (Å²) in [6, 6.07) is 0. The van der Waals surface area contributed by atoms with Crippen LogP contribution >= 0.6 is 0 Å². The van der Waals surface area contributed by atoms with Crippen LogP contribution in [0.4, 0.5) is 0 Å². The second-order valence-corrected chi connectivity index (χ2v) is 3.93. The first-order chi connectivity index (χ1) is 10.1. The van der Waals surface area contributed by atoms with E-state index in [-0.39, 0.29) is 11.5 Å². The molecule has 0 radical (unpaired) electrons. The number of carboxylic acids is 3. The van der Waals surface area contributed by atoms with E-state index in [1.54, 1.807) is 0 Å². The highest BCUT2D eigenvalue weighted by Gasteiger charge is 2.21. The fourth-order valence-corrected chi connectivity index (χ4v) is 0.868. The van der Waals surface area contributed by atoms with Crippen LogP contribution in [-0.2, 0) is 14.4 Å². The molecule has 0 aliphatic heterocycles. The zero-order valence-electron chi connectivity index (χ0n) is 12.0. The Morgan fingerprint density at radius 2 is 1.27 bits per heavy atom. The lowest BCUT2D eigenvalue weighted by Gasteiger charge is -2.13. The van der Waals surface area contributed by atoms with Crippen molar-refractivity contribution in [2.45, 2.75) is 20.8 Å². The molecule has 0 saturated heterocycles. The van der Waals surface area contributed by atoms with Crippen LogP contribution < -0.4 is 16.3 Å². The SMILES string of the molecule is CC(=NNC(C(=O)O)=C(NNC(C)=C(C)O)C(=O)O)C(=O)O. The number of hydrogen-bond acceptors (Lipinski definition) is 8. The molecule has 0 rings (SSSR count). The Morgan fingerprint density at radius 1 is 0.773 bits per heavy atom. The van der Waals surface area contributed by atoms with Gasteiger partial charge in [0.15, 0.2) is 11.4 Å². The Bertz CT molecular complexity index is 573. The summed E-state index contributed by atoms with van der Waals surface area (Å²) in [5.41, 5.74) is 4.17. The molecule has 0 aromatic carbocycles. The number of nitrogens with one attached hydrogen (secondary N) is 3. The molecular weight excluding hydrogens is 300 g/mol. The number of hydrazone groups is 1. The van der Waals surface area contributed by atoms with E-state index in [9.17, 15) is 14.4 Å². The summed E-state index contributed by atoms with van der Waals surface area (Å²) in [7, 11) is 0. The third kappa shape index (κ3) is 5.81. The topological polar surface area (TPSA) is 181 Å². The second kappa shape index (κ2) is 8.14. The Hall–Kier alpha value is -3.24. The minimum Gasteiger partial charge on any atom is -0.511 e. The lowest BCUT2D eigenvalue weighted by Crippen LogP contribution is -2.37. The number of carboxylic acid groups (broad SMARTS) is 3. The Kier molecular flexibility index (Phi) is 6.94. The summed E-state index contributed by atoms with van der Waals surface area (Å²) in [6.07, 6.45) is 0. The molecule has 0 spiro atoms. The summed E-state index contributed by atoms with van der Waals surface area (Å²) >= 11 is 0. The Labute approximate surface area is 124 Å². The molecule has 11 nitrogen and oxygen atoms in total. The maximum Gasteiger partial charge on any atom is 0.356 e. The molecule has 0 heterocycles. The van der Waals surface area contributed by atoms with Gasteiger partial charge in [0.05, 0.1) is 5.70 Å². The van der Waals surface area contributed by atoms with Crippen LogP contribution in [0.5, 0.6) is 0 Å². The van der Waals surface area contributed by atoms with Crippen LogP contribution in [0.2, 0.25) is 0 Å². The predicted molar refractivity (Wildman–Crippen MR) is 73.5 cm³/mol.